The highest BCUT2D eigenvalue weighted by molar-refractivity contribution is 6.30. The van der Waals surface area contributed by atoms with E-state index in [9.17, 15) is 4.79 Å². The number of amides is 1. The molecule has 1 amide bonds. The van der Waals surface area contributed by atoms with E-state index >= 15 is 0 Å². The maximum atomic E-state index is 12.2. The molecular weight excluding hydrogens is 276 g/mol. The van der Waals surface area contributed by atoms with E-state index < -0.39 is 0 Å². The molecule has 0 aromatic carbocycles. The van der Waals surface area contributed by atoms with Gasteiger partial charge in [0, 0.05) is 12.7 Å². The Morgan fingerprint density at radius 2 is 2.40 bits per heavy atom. The Labute approximate surface area is 124 Å². The van der Waals surface area contributed by atoms with Crippen LogP contribution in [0, 0.1) is 5.41 Å². The first-order chi connectivity index (χ1) is 9.43. The highest BCUT2D eigenvalue weighted by atomic mass is 35.5. The van der Waals surface area contributed by atoms with E-state index in [1.165, 1.54) is 6.20 Å². The minimum atomic E-state index is -0.194. The Kier molecular flexibility index (Phi) is 4.62. The molecule has 2 unspecified atom stereocenters. The first-order valence-corrected chi connectivity index (χ1v) is 7.18. The average Bonchev–Trinajstić information content (AvgIpc) is 2.84. The molecule has 1 aromatic heterocycles. The molecule has 1 saturated heterocycles. The van der Waals surface area contributed by atoms with Gasteiger partial charge in [-0.05, 0) is 44.0 Å². The molecule has 2 heterocycles. The molecule has 2 rings (SSSR count). The molecule has 0 aliphatic carbocycles. The second kappa shape index (κ2) is 6.08. The van der Waals surface area contributed by atoms with Gasteiger partial charge >= 0.3 is 0 Å². The molecule has 1 fully saturated rings. The predicted molar refractivity (Wildman–Crippen MR) is 80.7 cm³/mol. The van der Waals surface area contributed by atoms with Crippen LogP contribution in [0.5, 0.6) is 0 Å². The lowest BCUT2D eigenvalue weighted by Gasteiger charge is -2.26. The topological polar surface area (TPSA) is 71.2 Å². The summed E-state index contributed by atoms with van der Waals surface area (Å²) in [5, 5.41) is 3.36. The minimum Gasteiger partial charge on any atom is -0.330 e. The number of nitrogens with two attached hydrogens (primary N) is 1. The van der Waals surface area contributed by atoms with Crippen molar-refractivity contribution < 1.29 is 4.79 Å². The zero-order valence-electron chi connectivity index (χ0n) is 11.9. The van der Waals surface area contributed by atoms with E-state index in [1.54, 1.807) is 12.1 Å². The van der Waals surface area contributed by atoms with Crippen LogP contribution in [0.1, 0.15) is 20.3 Å². The van der Waals surface area contributed by atoms with Crippen molar-refractivity contribution >= 4 is 23.3 Å². The number of nitrogens with zero attached hydrogens (tertiary/aromatic N) is 2. The summed E-state index contributed by atoms with van der Waals surface area (Å²) in [6, 6.07) is 3.21. The molecule has 3 N–H and O–H groups in total. The van der Waals surface area contributed by atoms with Crippen LogP contribution in [-0.2, 0) is 4.79 Å². The number of aromatic nitrogens is 1. The molecule has 2 atom stereocenters. The second-order valence-electron chi connectivity index (χ2n) is 5.76. The minimum absolute atomic E-state index is 0.0545. The van der Waals surface area contributed by atoms with Crippen molar-refractivity contribution in [2.75, 3.05) is 25.0 Å². The van der Waals surface area contributed by atoms with Crippen molar-refractivity contribution in [1.82, 2.24) is 9.88 Å². The fourth-order valence-electron chi connectivity index (χ4n) is 2.41. The molecular formula is C14H21ClN4O. The van der Waals surface area contributed by atoms with Crippen LogP contribution in [0.2, 0.25) is 5.02 Å². The largest absolute Gasteiger partial charge is 0.330 e. The van der Waals surface area contributed by atoms with Gasteiger partial charge in [0.2, 0.25) is 5.91 Å². The Bertz CT molecular complexity index is 479. The van der Waals surface area contributed by atoms with E-state index in [1.807, 2.05) is 6.92 Å². The lowest BCUT2D eigenvalue weighted by Crippen LogP contribution is -2.42. The first-order valence-electron chi connectivity index (χ1n) is 6.80. The SMILES string of the molecule is CC(C(=O)Nc1ccc(Cl)cn1)N1CCC(C)(CN)C1. The lowest BCUT2D eigenvalue weighted by atomic mass is 9.90. The summed E-state index contributed by atoms with van der Waals surface area (Å²) in [6.45, 7) is 6.48. The van der Waals surface area contributed by atoms with Crippen LogP contribution in [0.4, 0.5) is 5.82 Å². The van der Waals surface area contributed by atoms with Gasteiger partial charge in [-0.2, -0.15) is 0 Å². The molecule has 1 aromatic rings. The van der Waals surface area contributed by atoms with Gasteiger partial charge in [-0.1, -0.05) is 18.5 Å². The lowest BCUT2D eigenvalue weighted by molar-refractivity contribution is -0.120. The summed E-state index contributed by atoms with van der Waals surface area (Å²) in [5.74, 6) is 0.466. The van der Waals surface area contributed by atoms with E-state index in [0.717, 1.165) is 19.5 Å². The fourth-order valence-corrected chi connectivity index (χ4v) is 2.52. The third kappa shape index (κ3) is 3.48. The monoisotopic (exact) mass is 296 g/mol. The highest BCUT2D eigenvalue weighted by Gasteiger charge is 2.36. The molecule has 5 nitrogen and oxygen atoms in total. The van der Waals surface area contributed by atoms with Crippen LogP contribution in [0.15, 0.2) is 18.3 Å². The van der Waals surface area contributed by atoms with Crippen LogP contribution < -0.4 is 11.1 Å². The Hall–Kier alpha value is -1.17. The average molecular weight is 297 g/mol. The van der Waals surface area contributed by atoms with Crippen molar-refractivity contribution in [3.8, 4) is 0 Å². The van der Waals surface area contributed by atoms with Gasteiger partial charge in [-0.25, -0.2) is 4.98 Å². The zero-order chi connectivity index (χ0) is 14.8. The van der Waals surface area contributed by atoms with Gasteiger partial charge in [-0.15, -0.1) is 0 Å². The molecule has 0 saturated carbocycles. The first kappa shape index (κ1) is 15.2. The summed E-state index contributed by atoms with van der Waals surface area (Å²) in [6.07, 6.45) is 2.55. The summed E-state index contributed by atoms with van der Waals surface area (Å²) in [5.41, 5.74) is 5.91. The van der Waals surface area contributed by atoms with Gasteiger partial charge < -0.3 is 11.1 Å². The van der Waals surface area contributed by atoms with Crippen molar-refractivity contribution in [2.45, 2.75) is 26.3 Å². The van der Waals surface area contributed by atoms with Gasteiger partial charge in [0.1, 0.15) is 5.82 Å². The van der Waals surface area contributed by atoms with E-state index in [4.69, 9.17) is 17.3 Å². The number of hydrogen-bond donors (Lipinski definition) is 2. The Morgan fingerprint density at radius 1 is 1.65 bits per heavy atom. The van der Waals surface area contributed by atoms with Crippen LogP contribution in [-0.4, -0.2) is 41.5 Å². The fraction of sp³-hybridized carbons (Fsp3) is 0.571. The van der Waals surface area contributed by atoms with Gasteiger partial charge in [0.05, 0.1) is 11.1 Å². The third-order valence-corrected chi connectivity index (χ3v) is 4.21. The van der Waals surface area contributed by atoms with E-state index in [0.29, 0.717) is 17.4 Å². The predicted octanol–water partition coefficient (Wildman–Crippen LogP) is 1.73. The number of carbonyl (C=O) groups excluding carboxylic acids is 1. The van der Waals surface area contributed by atoms with Gasteiger partial charge in [0.15, 0.2) is 0 Å². The molecule has 1 aliphatic rings. The van der Waals surface area contributed by atoms with Gasteiger partial charge in [0.25, 0.3) is 0 Å². The van der Waals surface area contributed by atoms with Crippen molar-refractivity contribution in [2.24, 2.45) is 11.1 Å². The van der Waals surface area contributed by atoms with Gasteiger partial charge in [-0.3, -0.25) is 9.69 Å². The Balaban J connectivity index is 1.94. The zero-order valence-corrected chi connectivity index (χ0v) is 12.7. The van der Waals surface area contributed by atoms with Crippen molar-refractivity contribution in [1.29, 1.82) is 0 Å². The summed E-state index contributed by atoms with van der Waals surface area (Å²) < 4.78 is 0. The maximum absolute atomic E-state index is 12.2. The number of anilines is 1. The van der Waals surface area contributed by atoms with Crippen molar-refractivity contribution in [3.63, 3.8) is 0 Å². The Morgan fingerprint density at radius 3 is 2.95 bits per heavy atom. The summed E-state index contributed by atoms with van der Waals surface area (Å²) in [4.78, 5) is 18.5. The maximum Gasteiger partial charge on any atom is 0.242 e. The number of pyridine rings is 1. The molecule has 110 valence electrons. The van der Waals surface area contributed by atoms with Crippen LogP contribution in [0.3, 0.4) is 0 Å². The third-order valence-electron chi connectivity index (χ3n) is 3.99. The number of carbonyl (C=O) groups is 1. The van der Waals surface area contributed by atoms with Crippen LogP contribution >= 0.6 is 11.6 Å². The molecule has 0 radical (unpaired) electrons. The number of rotatable bonds is 4. The molecule has 20 heavy (non-hydrogen) atoms. The van der Waals surface area contributed by atoms with Crippen LogP contribution in [0.25, 0.3) is 0 Å². The molecule has 6 heteroatoms. The summed E-state index contributed by atoms with van der Waals surface area (Å²) in [7, 11) is 0. The number of nitrogens with one attached hydrogen (secondary N) is 1. The smallest absolute Gasteiger partial charge is 0.242 e. The highest BCUT2D eigenvalue weighted by Crippen LogP contribution is 2.29. The number of hydrogen-bond acceptors (Lipinski definition) is 4. The normalized spacial score (nSPS) is 24.6. The second-order valence-corrected chi connectivity index (χ2v) is 6.20. The standard InChI is InChI=1S/C14H21ClN4O/c1-10(19-6-5-14(2,8-16)9-19)13(20)18-12-4-3-11(15)7-17-12/h3-4,7,10H,5-6,8-9,16H2,1-2H3,(H,17,18,20). The molecule has 1 aliphatic heterocycles. The quantitative estimate of drug-likeness (QED) is 0.888. The van der Waals surface area contributed by atoms with E-state index in [2.05, 4.69) is 22.1 Å². The molecule has 0 bridgehead atoms. The number of halogens is 1. The van der Waals surface area contributed by atoms with Crippen molar-refractivity contribution in [3.05, 3.63) is 23.4 Å². The summed E-state index contributed by atoms with van der Waals surface area (Å²) >= 11 is 5.77. The van der Waals surface area contributed by atoms with E-state index in [-0.39, 0.29) is 17.4 Å². The molecule has 0 spiro atoms. The number of likely N-dealkylation sites (tertiary alicyclic amines) is 1.